The fourth-order valence-corrected chi connectivity index (χ4v) is 7.18. The summed E-state index contributed by atoms with van der Waals surface area (Å²) in [4.78, 5) is 2.67. The van der Waals surface area contributed by atoms with Crippen molar-refractivity contribution < 1.29 is 0 Å². The Kier molecular flexibility index (Phi) is 5.83. The second-order valence-electron chi connectivity index (χ2n) is 10.5. The van der Waals surface area contributed by atoms with Gasteiger partial charge in [-0.05, 0) is 85.3 Å². The number of benzene rings is 7. The SMILES string of the molecule is c1ccc(-c2ccc(-c3ccc(-c4ccc5c(c4)-c4cccc6cccc(c46)S5)cc3)cc2-c2ccccc2)cc1. The van der Waals surface area contributed by atoms with Crippen LogP contribution >= 0.6 is 11.8 Å². The zero-order valence-corrected chi connectivity index (χ0v) is 23.2. The molecule has 1 heterocycles. The first kappa shape index (κ1) is 24.0. The molecule has 0 aromatic heterocycles. The van der Waals surface area contributed by atoms with E-state index in [0.717, 1.165) is 0 Å². The molecule has 0 spiro atoms. The Bertz CT molecular complexity index is 2030. The summed E-state index contributed by atoms with van der Waals surface area (Å²) >= 11 is 1.88. The number of fused-ring (bicyclic) bond motifs is 2. The fourth-order valence-electron chi connectivity index (χ4n) is 6.05. The second kappa shape index (κ2) is 9.96. The minimum absolute atomic E-state index is 1.22. The van der Waals surface area contributed by atoms with Crippen LogP contribution in [0.4, 0.5) is 0 Å². The van der Waals surface area contributed by atoms with Crippen molar-refractivity contribution in [2.45, 2.75) is 9.79 Å². The van der Waals surface area contributed by atoms with E-state index in [2.05, 4.69) is 158 Å². The van der Waals surface area contributed by atoms with Crippen LogP contribution in [0.25, 0.3) is 66.4 Å². The molecule has 0 fully saturated rings. The van der Waals surface area contributed by atoms with Gasteiger partial charge in [0, 0.05) is 15.2 Å². The van der Waals surface area contributed by atoms with Gasteiger partial charge in [-0.1, -0.05) is 145 Å². The third-order valence-corrected chi connectivity index (χ3v) is 9.23. The van der Waals surface area contributed by atoms with E-state index < -0.39 is 0 Å². The first-order valence-corrected chi connectivity index (χ1v) is 14.8. The Labute approximate surface area is 245 Å². The molecule has 8 rings (SSSR count). The van der Waals surface area contributed by atoms with Crippen molar-refractivity contribution in [1.29, 1.82) is 0 Å². The molecule has 0 atom stereocenters. The van der Waals surface area contributed by atoms with Crippen molar-refractivity contribution in [3.8, 4) is 55.6 Å². The molecule has 192 valence electrons. The minimum atomic E-state index is 1.22. The molecule has 0 N–H and O–H groups in total. The van der Waals surface area contributed by atoms with Crippen LogP contribution in [-0.2, 0) is 0 Å². The Morgan fingerprint density at radius 1 is 0.293 bits per heavy atom. The van der Waals surface area contributed by atoms with E-state index in [0.29, 0.717) is 0 Å². The smallest absolute Gasteiger partial charge is 0.0207 e. The van der Waals surface area contributed by atoms with Crippen molar-refractivity contribution in [1.82, 2.24) is 0 Å². The van der Waals surface area contributed by atoms with Crippen LogP contribution in [-0.4, -0.2) is 0 Å². The molecule has 0 saturated carbocycles. The maximum Gasteiger partial charge on any atom is 0.0207 e. The van der Waals surface area contributed by atoms with Crippen molar-refractivity contribution in [2.75, 3.05) is 0 Å². The van der Waals surface area contributed by atoms with Gasteiger partial charge in [-0.2, -0.15) is 0 Å². The topological polar surface area (TPSA) is 0 Å². The van der Waals surface area contributed by atoms with Crippen LogP contribution in [0, 0.1) is 0 Å². The summed E-state index contributed by atoms with van der Waals surface area (Å²) in [5.74, 6) is 0. The van der Waals surface area contributed by atoms with Crippen LogP contribution < -0.4 is 0 Å². The predicted octanol–water partition coefficient (Wildman–Crippen LogP) is 11.6. The van der Waals surface area contributed by atoms with Gasteiger partial charge in [0.2, 0.25) is 0 Å². The summed E-state index contributed by atoms with van der Waals surface area (Å²) in [6, 6.07) is 57.4. The molecule has 0 unspecified atom stereocenters. The lowest BCUT2D eigenvalue weighted by Crippen LogP contribution is -1.93. The molecule has 7 aromatic rings. The van der Waals surface area contributed by atoms with Crippen molar-refractivity contribution >= 4 is 22.5 Å². The lowest BCUT2D eigenvalue weighted by atomic mass is 9.90. The highest BCUT2D eigenvalue weighted by atomic mass is 32.2. The normalized spacial score (nSPS) is 11.8. The zero-order chi connectivity index (χ0) is 27.2. The van der Waals surface area contributed by atoms with Crippen LogP contribution in [0.15, 0.2) is 168 Å². The van der Waals surface area contributed by atoms with Crippen LogP contribution in [0.2, 0.25) is 0 Å². The van der Waals surface area contributed by atoms with Gasteiger partial charge >= 0.3 is 0 Å². The summed E-state index contributed by atoms with van der Waals surface area (Å²) in [6.07, 6.45) is 0. The molecule has 1 heteroatoms. The van der Waals surface area contributed by atoms with E-state index in [1.165, 1.54) is 76.2 Å². The molecule has 0 amide bonds. The van der Waals surface area contributed by atoms with Crippen molar-refractivity contribution in [3.63, 3.8) is 0 Å². The molecule has 0 radical (unpaired) electrons. The Balaban J connectivity index is 1.17. The third kappa shape index (κ3) is 4.27. The Hall–Kier alpha value is -4.85. The fraction of sp³-hybridized carbons (Fsp3) is 0. The molecule has 1 aliphatic rings. The monoisotopic (exact) mass is 538 g/mol. The molecular weight excluding hydrogens is 513 g/mol. The van der Waals surface area contributed by atoms with Gasteiger partial charge in [0.1, 0.15) is 0 Å². The Morgan fingerprint density at radius 2 is 0.854 bits per heavy atom. The average molecular weight is 539 g/mol. The summed E-state index contributed by atoms with van der Waals surface area (Å²) in [5, 5.41) is 2.68. The van der Waals surface area contributed by atoms with Gasteiger partial charge in [0.05, 0.1) is 0 Å². The minimum Gasteiger partial charge on any atom is -0.0888 e. The van der Waals surface area contributed by atoms with Gasteiger partial charge in [0.15, 0.2) is 0 Å². The maximum atomic E-state index is 2.37. The lowest BCUT2D eigenvalue weighted by molar-refractivity contribution is 1.39. The molecule has 7 aromatic carbocycles. The first-order chi connectivity index (χ1) is 20.3. The van der Waals surface area contributed by atoms with Gasteiger partial charge in [0.25, 0.3) is 0 Å². The third-order valence-electron chi connectivity index (χ3n) is 8.10. The van der Waals surface area contributed by atoms with Gasteiger partial charge in [-0.15, -0.1) is 0 Å². The van der Waals surface area contributed by atoms with E-state index in [-0.39, 0.29) is 0 Å². The Morgan fingerprint density at radius 3 is 1.54 bits per heavy atom. The highest BCUT2D eigenvalue weighted by molar-refractivity contribution is 7.99. The molecule has 0 bridgehead atoms. The van der Waals surface area contributed by atoms with E-state index in [1.807, 2.05) is 11.8 Å². The second-order valence-corrected chi connectivity index (χ2v) is 11.6. The highest BCUT2D eigenvalue weighted by Gasteiger charge is 2.19. The predicted molar refractivity (Wildman–Crippen MR) is 175 cm³/mol. The molecule has 0 nitrogen and oxygen atoms in total. The average Bonchev–Trinajstić information content (AvgIpc) is 3.05. The molecule has 0 aliphatic carbocycles. The lowest BCUT2D eigenvalue weighted by Gasteiger charge is -2.21. The van der Waals surface area contributed by atoms with Gasteiger partial charge in [-0.25, -0.2) is 0 Å². The van der Waals surface area contributed by atoms with Crippen LogP contribution in [0.3, 0.4) is 0 Å². The van der Waals surface area contributed by atoms with Gasteiger partial charge < -0.3 is 0 Å². The zero-order valence-electron chi connectivity index (χ0n) is 22.4. The quantitative estimate of drug-likeness (QED) is 0.215. The first-order valence-electron chi connectivity index (χ1n) is 14.0. The van der Waals surface area contributed by atoms with E-state index in [4.69, 9.17) is 0 Å². The summed E-state index contributed by atoms with van der Waals surface area (Å²) in [6.45, 7) is 0. The molecule has 41 heavy (non-hydrogen) atoms. The van der Waals surface area contributed by atoms with Crippen LogP contribution in [0.5, 0.6) is 0 Å². The van der Waals surface area contributed by atoms with E-state index in [9.17, 15) is 0 Å². The van der Waals surface area contributed by atoms with E-state index >= 15 is 0 Å². The van der Waals surface area contributed by atoms with Gasteiger partial charge in [-0.3, -0.25) is 0 Å². The molecule has 1 aliphatic heterocycles. The largest absolute Gasteiger partial charge is 0.0888 e. The van der Waals surface area contributed by atoms with Crippen molar-refractivity contribution in [2.24, 2.45) is 0 Å². The number of hydrogen-bond donors (Lipinski definition) is 0. The molecule has 0 saturated heterocycles. The summed E-state index contributed by atoms with van der Waals surface area (Å²) in [5.41, 5.74) is 12.5. The maximum absolute atomic E-state index is 2.37. The number of rotatable bonds is 4. The highest BCUT2D eigenvalue weighted by Crippen LogP contribution is 2.48. The summed E-state index contributed by atoms with van der Waals surface area (Å²) in [7, 11) is 0. The van der Waals surface area contributed by atoms with Crippen molar-refractivity contribution in [3.05, 3.63) is 158 Å². The van der Waals surface area contributed by atoms with Crippen LogP contribution in [0.1, 0.15) is 0 Å². The standard InChI is InChI=1S/C40H26S/c1-3-9-29(10-4-1)34-23-21-32(25-36(34)30-11-5-2-6-12-30)27-17-19-28(20-18-27)33-22-24-38-37(26-33)35-15-7-13-31-14-8-16-39(41-38)40(31)35/h1-26H. The molecular formula is C40H26S. The summed E-state index contributed by atoms with van der Waals surface area (Å²) < 4.78 is 0. The van der Waals surface area contributed by atoms with E-state index in [1.54, 1.807) is 0 Å². The number of hydrogen-bond acceptors (Lipinski definition) is 1.